The fourth-order valence-corrected chi connectivity index (χ4v) is 5.11. The molecule has 11 heteroatoms. The number of nitrogens with zero attached hydrogens (tertiary/aromatic N) is 3. The maximum Gasteiger partial charge on any atom is 0.263 e. The zero-order valence-electron chi connectivity index (χ0n) is 20.0. The number of benzene rings is 1. The van der Waals surface area contributed by atoms with Crippen molar-refractivity contribution in [3.05, 3.63) is 46.7 Å². The van der Waals surface area contributed by atoms with Gasteiger partial charge >= 0.3 is 0 Å². The van der Waals surface area contributed by atoms with Crippen molar-refractivity contribution in [2.24, 2.45) is 5.92 Å². The second-order valence-electron chi connectivity index (χ2n) is 9.07. The van der Waals surface area contributed by atoms with Crippen molar-refractivity contribution in [2.45, 2.75) is 38.0 Å². The van der Waals surface area contributed by atoms with Gasteiger partial charge in [0.15, 0.2) is 18.2 Å². The number of anilines is 1. The van der Waals surface area contributed by atoms with Crippen molar-refractivity contribution in [2.75, 3.05) is 32.1 Å². The van der Waals surface area contributed by atoms with Gasteiger partial charge in [0.25, 0.3) is 5.91 Å². The number of amides is 1. The molecule has 1 amide bonds. The van der Waals surface area contributed by atoms with Gasteiger partial charge in [-0.3, -0.25) is 4.79 Å². The number of methoxy groups -OCH3 is 1. The van der Waals surface area contributed by atoms with Gasteiger partial charge < -0.3 is 30.5 Å². The molecule has 3 atom stereocenters. The fraction of sp³-hybridized carbons (Fsp3) is 0.440. The number of carbonyl (C=O) groups excluding carboxylic acids is 1. The van der Waals surface area contributed by atoms with Gasteiger partial charge in [-0.25, -0.2) is 15.0 Å². The van der Waals surface area contributed by atoms with Crippen LogP contribution in [-0.2, 0) is 11.3 Å². The maximum atomic E-state index is 11.7. The number of pyridine rings is 1. The van der Waals surface area contributed by atoms with Crippen LogP contribution in [-0.4, -0.2) is 58.8 Å². The molecule has 190 valence electrons. The van der Waals surface area contributed by atoms with E-state index in [0.717, 1.165) is 31.6 Å². The van der Waals surface area contributed by atoms with Crippen molar-refractivity contribution < 1.29 is 19.4 Å². The van der Waals surface area contributed by atoms with Crippen molar-refractivity contribution >= 4 is 34.4 Å². The topological polar surface area (TPSA) is 131 Å². The van der Waals surface area contributed by atoms with Gasteiger partial charge in [0.05, 0.1) is 30.6 Å². The van der Waals surface area contributed by atoms with E-state index in [9.17, 15) is 9.90 Å². The number of ether oxygens (including phenoxy) is 2. The summed E-state index contributed by atoms with van der Waals surface area (Å²) in [6, 6.07) is 7.18. The molecular weight excluding hydrogens is 484 g/mol. The standard InChI is InChI=1S/C25H29ClN6O4/c1-35-22-12-29-17-6-5-16(26)23(24(17)32-22)19(33)9-18(14-3-2-8-27-10-14)28-11-15-4-7-20-25(30-15)31-21(34)13-36-20/h4-7,12,14,18-19,27-28,33H,2-3,8-11,13H2,1H3,(H,30,31,34). The average Bonchev–Trinajstić information content (AvgIpc) is 2.90. The minimum absolute atomic E-state index is 0.00605. The first kappa shape index (κ1) is 24.6. The Hall–Kier alpha value is -3.05. The Labute approximate surface area is 213 Å². The Bertz CT molecular complexity index is 1250. The van der Waals surface area contributed by atoms with Crippen LogP contribution in [0.5, 0.6) is 11.6 Å². The largest absolute Gasteiger partial charge is 0.480 e. The second-order valence-corrected chi connectivity index (χ2v) is 9.48. The molecule has 1 fully saturated rings. The molecule has 5 rings (SSSR count). The predicted molar refractivity (Wildman–Crippen MR) is 135 cm³/mol. The van der Waals surface area contributed by atoms with Gasteiger partial charge in [-0.2, -0.15) is 0 Å². The molecule has 0 saturated carbocycles. The summed E-state index contributed by atoms with van der Waals surface area (Å²) >= 11 is 6.56. The third-order valence-electron chi connectivity index (χ3n) is 6.68. The summed E-state index contributed by atoms with van der Waals surface area (Å²) in [4.78, 5) is 25.1. The number of hydrogen-bond donors (Lipinski definition) is 4. The van der Waals surface area contributed by atoms with E-state index in [-0.39, 0.29) is 18.6 Å². The summed E-state index contributed by atoms with van der Waals surface area (Å²) in [6.45, 7) is 2.30. The van der Waals surface area contributed by atoms with Crippen LogP contribution in [0.15, 0.2) is 30.5 Å². The number of fused-ring (bicyclic) bond motifs is 2. The molecule has 1 aromatic carbocycles. The van der Waals surface area contributed by atoms with E-state index in [1.807, 2.05) is 12.1 Å². The van der Waals surface area contributed by atoms with E-state index in [1.54, 1.807) is 18.3 Å². The normalized spacial score (nSPS) is 19.2. The van der Waals surface area contributed by atoms with Crippen LogP contribution in [0.4, 0.5) is 5.82 Å². The van der Waals surface area contributed by atoms with Crippen LogP contribution in [0.3, 0.4) is 0 Å². The molecular formula is C25H29ClN6O4. The first-order valence-corrected chi connectivity index (χ1v) is 12.4. The SMILES string of the molecule is COc1cnc2ccc(Cl)c(C(O)CC(NCc3ccc4c(n3)NC(=O)CO4)C3CCCNC3)c2n1. The summed E-state index contributed by atoms with van der Waals surface area (Å²) in [5.41, 5.74) is 2.48. The summed E-state index contributed by atoms with van der Waals surface area (Å²) in [7, 11) is 1.53. The predicted octanol–water partition coefficient (Wildman–Crippen LogP) is 2.60. The monoisotopic (exact) mass is 512 g/mol. The lowest BCUT2D eigenvalue weighted by Gasteiger charge is -2.33. The lowest BCUT2D eigenvalue weighted by molar-refractivity contribution is -0.118. The quantitative estimate of drug-likeness (QED) is 0.359. The van der Waals surface area contributed by atoms with Crippen LogP contribution < -0.4 is 25.4 Å². The summed E-state index contributed by atoms with van der Waals surface area (Å²) in [6.07, 6.45) is 3.21. The first-order chi connectivity index (χ1) is 17.5. The highest BCUT2D eigenvalue weighted by Gasteiger charge is 2.28. The lowest BCUT2D eigenvalue weighted by atomic mass is 9.86. The van der Waals surface area contributed by atoms with E-state index >= 15 is 0 Å². The molecule has 2 aliphatic rings. The Morgan fingerprint density at radius 2 is 2.19 bits per heavy atom. The van der Waals surface area contributed by atoms with Gasteiger partial charge in [-0.1, -0.05) is 11.6 Å². The highest BCUT2D eigenvalue weighted by atomic mass is 35.5. The molecule has 4 heterocycles. The summed E-state index contributed by atoms with van der Waals surface area (Å²) < 4.78 is 10.7. The molecule has 10 nitrogen and oxygen atoms in total. The molecule has 0 aliphatic carbocycles. The van der Waals surface area contributed by atoms with E-state index < -0.39 is 6.10 Å². The number of aliphatic hydroxyl groups is 1. The van der Waals surface area contributed by atoms with Crippen LogP contribution in [0.1, 0.15) is 36.6 Å². The third-order valence-corrected chi connectivity index (χ3v) is 7.01. The Morgan fingerprint density at radius 3 is 3.00 bits per heavy atom. The molecule has 2 aliphatic heterocycles. The van der Waals surface area contributed by atoms with Crippen molar-refractivity contribution in [1.82, 2.24) is 25.6 Å². The molecule has 3 unspecified atom stereocenters. The molecule has 4 N–H and O–H groups in total. The van der Waals surface area contributed by atoms with Crippen LogP contribution in [0.2, 0.25) is 5.02 Å². The van der Waals surface area contributed by atoms with Gasteiger partial charge in [0.2, 0.25) is 5.88 Å². The van der Waals surface area contributed by atoms with Crippen LogP contribution in [0, 0.1) is 5.92 Å². The van der Waals surface area contributed by atoms with Gasteiger partial charge in [-0.15, -0.1) is 0 Å². The van der Waals surface area contributed by atoms with Gasteiger partial charge in [-0.05, 0) is 62.5 Å². The van der Waals surface area contributed by atoms with Gasteiger partial charge in [0, 0.05) is 23.2 Å². The molecule has 0 radical (unpaired) electrons. The van der Waals surface area contributed by atoms with E-state index in [2.05, 4.69) is 30.9 Å². The molecule has 1 saturated heterocycles. The Kier molecular flexibility index (Phi) is 7.47. The summed E-state index contributed by atoms with van der Waals surface area (Å²) in [5.74, 6) is 1.43. The second kappa shape index (κ2) is 10.9. The van der Waals surface area contributed by atoms with Crippen molar-refractivity contribution in [3.63, 3.8) is 0 Å². The molecule has 3 aromatic rings. The zero-order valence-corrected chi connectivity index (χ0v) is 20.7. The van der Waals surface area contributed by atoms with Crippen molar-refractivity contribution in [1.29, 1.82) is 0 Å². The van der Waals surface area contributed by atoms with E-state index in [0.29, 0.717) is 58.0 Å². The number of nitrogens with one attached hydrogen (secondary N) is 3. The van der Waals surface area contributed by atoms with Gasteiger partial charge in [0.1, 0.15) is 5.52 Å². The van der Waals surface area contributed by atoms with Crippen LogP contribution >= 0.6 is 11.6 Å². The number of aliphatic hydroxyl groups excluding tert-OH is 1. The Balaban J connectivity index is 1.37. The number of halogens is 1. The van der Waals surface area contributed by atoms with Crippen LogP contribution in [0.25, 0.3) is 11.0 Å². The number of carbonyl (C=O) groups is 1. The number of rotatable bonds is 8. The van der Waals surface area contributed by atoms with Crippen molar-refractivity contribution in [3.8, 4) is 11.6 Å². The van der Waals surface area contributed by atoms with E-state index in [1.165, 1.54) is 7.11 Å². The Morgan fingerprint density at radius 1 is 1.31 bits per heavy atom. The smallest absolute Gasteiger partial charge is 0.263 e. The molecule has 0 bridgehead atoms. The number of hydrogen-bond acceptors (Lipinski definition) is 9. The third kappa shape index (κ3) is 5.36. The molecule has 0 spiro atoms. The number of aromatic nitrogens is 3. The fourth-order valence-electron chi connectivity index (χ4n) is 4.83. The number of piperidine rings is 1. The summed E-state index contributed by atoms with van der Waals surface area (Å²) in [5, 5.41) is 21.7. The zero-order chi connectivity index (χ0) is 25.1. The van der Waals surface area contributed by atoms with E-state index in [4.69, 9.17) is 21.1 Å². The highest BCUT2D eigenvalue weighted by Crippen LogP contribution is 2.34. The minimum atomic E-state index is -0.869. The first-order valence-electron chi connectivity index (χ1n) is 12.1. The maximum absolute atomic E-state index is 11.7. The molecule has 36 heavy (non-hydrogen) atoms. The lowest BCUT2D eigenvalue weighted by Crippen LogP contribution is -2.44. The molecule has 2 aromatic heterocycles. The highest BCUT2D eigenvalue weighted by molar-refractivity contribution is 6.32. The average molecular weight is 513 g/mol. The minimum Gasteiger partial charge on any atom is -0.480 e.